The molecule has 224 valence electrons. The third-order valence-electron chi connectivity index (χ3n) is 8.16. The minimum Gasteiger partial charge on any atom is -0.460 e. The van der Waals surface area contributed by atoms with Crippen LogP contribution in [0.1, 0.15) is 79.1 Å². The van der Waals surface area contributed by atoms with Crippen LogP contribution < -0.4 is 0 Å². The first-order valence-corrected chi connectivity index (χ1v) is 14.8. The molecule has 0 aliphatic heterocycles. The number of allylic oxidation sites excluding steroid dienone is 2. The Kier molecular flexibility index (Phi) is 16.6. The predicted molar refractivity (Wildman–Crippen MR) is 150 cm³/mol. The van der Waals surface area contributed by atoms with Crippen molar-refractivity contribution in [2.75, 3.05) is 52.9 Å². The minimum atomic E-state index is -0.335. The van der Waals surface area contributed by atoms with Crippen LogP contribution in [0.15, 0.2) is 24.3 Å². The third kappa shape index (κ3) is 13.4. The zero-order valence-electron chi connectivity index (χ0n) is 24.7. The van der Waals surface area contributed by atoms with Gasteiger partial charge in [0.25, 0.3) is 0 Å². The van der Waals surface area contributed by atoms with Gasteiger partial charge in [0.2, 0.25) is 0 Å². The normalized spacial score (nSPS) is 24.3. The van der Waals surface area contributed by atoms with Crippen molar-refractivity contribution in [1.29, 1.82) is 0 Å². The lowest BCUT2D eigenvalue weighted by Gasteiger charge is -2.46. The number of hydrogen-bond donors (Lipinski definition) is 0. The summed E-state index contributed by atoms with van der Waals surface area (Å²) in [6, 6.07) is 0. The van der Waals surface area contributed by atoms with Gasteiger partial charge in [-0.05, 0) is 82.5 Å². The molecule has 0 heterocycles. The monoisotopic (exact) mass is 552 g/mol. The topological polar surface area (TPSA) is 89.5 Å². The van der Waals surface area contributed by atoms with Crippen molar-refractivity contribution in [2.24, 2.45) is 17.3 Å². The number of esters is 2. The van der Waals surface area contributed by atoms with E-state index in [4.69, 9.17) is 28.4 Å². The molecule has 0 bridgehead atoms. The van der Waals surface area contributed by atoms with Crippen LogP contribution in [0.5, 0.6) is 0 Å². The summed E-state index contributed by atoms with van der Waals surface area (Å²) < 4.78 is 33.2. The lowest BCUT2D eigenvalue weighted by molar-refractivity contribution is -0.140. The summed E-state index contributed by atoms with van der Waals surface area (Å²) in [7, 11) is 0. The van der Waals surface area contributed by atoms with E-state index >= 15 is 0 Å². The van der Waals surface area contributed by atoms with Gasteiger partial charge in [-0.2, -0.15) is 0 Å². The molecule has 0 amide bonds. The Hall–Kier alpha value is -1.74. The van der Waals surface area contributed by atoms with Crippen LogP contribution in [0.25, 0.3) is 0 Å². The molecule has 0 atom stereocenters. The van der Waals surface area contributed by atoms with Gasteiger partial charge in [-0.3, -0.25) is 0 Å². The second-order valence-corrected chi connectivity index (χ2v) is 11.1. The van der Waals surface area contributed by atoms with Crippen LogP contribution in [0, 0.1) is 17.3 Å². The molecular weight excluding hydrogens is 500 g/mol. The maximum Gasteiger partial charge on any atom is 0.330 e. The number of hydrogen-bond acceptors (Lipinski definition) is 8. The van der Waals surface area contributed by atoms with Crippen molar-refractivity contribution in [1.82, 2.24) is 0 Å². The Morgan fingerprint density at radius 3 is 1.31 bits per heavy atom. The molecule has 0 aromatic heterocycles. The van der Waals surface area contributed by atoms with Crippen LogP contribution in [0.3, 0.4) is 0 Å². The average molecular weight is 553 g/mol. The van der Waals surface area contributed by atoms with E-state index in [0.717, 1.165) is 37.5 Å². The van der Waals surface area contributed by atoms with Crippen LogP contribution in [0.4, 0.5) is 0 Å². The third-order valence-corrected chi connectivity index (χ3v) is 8.16. The second-order valence-electron chi connectivity index (χ2n) is 11.1. The zero-order chi connectivity index (χ0) is 28.3. The molecule has 0 saturated heterocycles. The molecule has 8 nitrogen and oxygen atoms in total. The summed E-state index contributed by atoms with van der Waals surface area (Å²) in [5, 5.41) is 0. The number of rotatable bonds is 18. The van der Waals surface area contributed by atoms with Crippen molar-refractivity contribution in [2.45, 2.75) is 91.3 Å². The second kappa shape index (κ2) is 19.4. The number of carbonyl (C=O) groups excluding carboxylic acids is 2. The smallest absolute Gasteiger partial charge is 0.330 e. The van der Waals surface area contributed by atoms with Gasteiger partial charge < -0.3 is 28.4 Å². The lowest BCUT2D eigenvalue weighted by Crippen LogP contribution is -2.39. The highest BCUT2D eigenvalue weighted by Crippen LogP contribution is 2.48. The van der Waals surface area contributed by atoms with Crippen molar-refractivity contribution < 1.29 is 38.0 Å². The summed E-state index contributed by atoms with van der Waals surface area (Å²) in [6.07, 6.45) is 16.1. The summed E-state index contributed by atoms with van der Waals surface area (Å²) in [5.74, 6) is 0.800. The van der Waals surface area contributed by atoms with E-state index in [-0.39, 0.29) is 25.2 Å². The zero-order valence-corrected chi connectivity index (χ0v) is 24.7. The molecule has 39 heavy (non-hydrogen) atoms. The van der Waals surface area contributed by atoms with Crippen molar-refractivity contribution in [3.8, 4) is 0 Å². The first-order valence-electron chi connectivity index (χ1n) is 14.8. The Labute approximate surface area is 235 Å². The van der Waals surface area contributed by atoms with Gasteiger partial charge in [0.15, 0.2) is 0 Å². The van der Waals surface area contributed by atoms with E-state index in [9.17, 15) is 9.59 Å². The minimum absolute atomic E-state index is 0.267. The van der Waals surface area contributed by atoms with E-state index < -0.39 is 0 Å². The van der Waals surface area contributed by atoms with Crippen molar-refractivity contribution in [3.63, 3.8) is 0 Å². The van der Waals surface area contributed by atoms with Crippen LogP contribution in [-0.2, 0) is 38.0 Å². The fraction of sp³-hybridized carbons (Fsp3) is 0.806. The van der Waals surface area contributed by atoms with E-state index in [1.165, 1.54) is 37.8 Å². The molecule has 0 spiro atoms. The standard InChI is InChI=1S/C31H52O8/c1-5-7-29(32)38-23-19-34-17-21-36-27-13-9-25(10-14-27)31(3,4)26-11-15-28(16-12-26)37-22-18-35-20-24-39-30(33)8-6-2/h5-8,25-28H,9-24H2,1-4H3. The SMILES string of the molecule is CC=CC(=O)OCCOCCOC1CCC(C(C)(C)C2CCC(OCCOCCOC(=O)C=CC)CC2)CC1. The summed E-state index contributed by atoms with van der Waals surface area (Å²) in [5.41, 5.74) is 0.330. The van der Waals surface area contributed by atoms with Gasteiger partial charge in [0.05, 0.1) is 51.8 Å². The fourth-order valence-electron chi connectivity index (χ4n) is 5.80. The molecule has 2 aliphatic carbocycles. The first-order chi connectivity index (χ1) is 18.9. The van der Waals surface area contributed by atoms with Gasteiger partial charge in [-0.1, -0.05) is 26.0 Å². The van der Waals surface area contributed by atoms with Gasteiger partial charge in [-0.25, -0.2) is 9.59 Å². The molecule has 2 aliphatic rings. The van der Waals surface area contributed by atoms with E-state index in [1.54, 1.807) is 26.0 Å². The molecule has 2 rings (SSSR count). The van der Waals surface area contributed by atoms with Crippen LogP contribution >= 0.6 is 0 Å². The number of carbonyl (C=O) groups is 2. The molecule has 0 unspecified atom stereocenters. The van der Waals surface area contributed by atoms with E-state index in [2.05, 4.69) is 13.8 Å². The summed E-state index contributed by atoms with van der Waals surface area (Å²) in [4.78, 5) is 22.5. The van der Waals surface area contributed by atoms with E-state index in [0.29, 0.717) is 57.3 Å². The Morgan fingerprint density at radius 1 is 0.590 bits per heavy atom. The highest BCUT2D eigenvalue weighted by Gasteiger charge is 2.40. The van der Waals surface area contributed by atoms with Gasteiger partial charge in [0, 0.05) is 12.2 Å². The van der Waals surface area contributed by atoms with Gasteiger partial charge in [0.1, 0.15) is 13.2 Å². The fourth-order valence-corrected chi connectivity index (χ4v) is 5.80. The maximum absolute atomic E-state index is 11.2. The average Bonchev–Trinajstić information content (AvgIpc) is 2.93. The molecule has 0 N–H and O–H groups in total. The molecule has 2 fully saturated rings. The molecule has 8 heteroatoms. The van der Waals surface area contributed by atoms with Crippen molar-refractivity contribution >= 4 is 11.9 Å². The molecular formula is C31H52O8. The largest absolute Gasteiger partial charge is 0.460 e. The van der Waals surface area contributed by atoms with Crippen LogP contribution in [0.2, 0.25) is 0 Å². The molecule has 0 aromatic rings. The quantitative estimate of drug-likeness (QED) is 0.126. The molecule has 2 saturated carbocycles. The maximum atomic E-state index is 11.2. The van der Waals surface area contributed by atoms with Gasteiger partial charge >= 0.3 is 11.9 Å². The Bertz CT molecular complexity index is 671. The molecule has 0 radical (unpaired) electrons. The summed E-state index contributed by atoms with van der Waals surface area (Å²) >= 11 is 0. The van der Waals surface area contributed by atoms with Gasteiger partial charge in [-0.15, -0.1) is 0 Å². The Balaban J connectivity index is 1.51. The predicted octanol–water partition coefficient (Wildman–Crippen LogP) is 5.44. The molecule has 0 aromatic carbocycles. The number of ether oxygens (including phenoxy) is 6. The summed E-state index contributed by atoms with van der Waals surface area (Å²) in [6.45, 7) is 12.0. The Morgan fingerprint density at radius 2 is 0.949 bits per heavy atom. The van der Waals surface area contributed by atoms with Crippen molar-refractivity contribution in [3.05, 3.63) is 24.3 Å². The highest BCUT2D eigenvalue weighted by atomic mass is 16.6. The lowest BCUT2D eigenvalue weighted by atomic mass is 9.60. The first kappa shape index (κ1) is 33.5. The van der Waals surface area contributed by atoms with Crippen LogP contribution in [-0.4, -0.2) is 77.0 Å². The highest BCUT2D eigenvalue weighted by molar-refractivity contribution is 5.82. The van der Waals surface area contributed by atoms with E-state index in [1.807, 2.05) is 0 Å².